The van der Waals surface area contributed by atoms with Gasteiger partial charge in [0, 0.05) is 5.69 Å². The van der Waals surface area contributed by atoms with E-state index >= 15 is 0 Å². The number of anilines is 2. The van der Waals surface area contributed by atoms with E-state index in [0.29, 0.717) is 5.69 Å². The van der Waals surface area contributed by atoms with Crippen LogP contribution in [0.1, 0.15) is 50.7 Å². The van der Waals surface area contributed by atoms with Crippen molar-refractivity contribution in [2.24, 2.45) is 0 Å². The zero-order valence-corrected chi connectivity index (χ0v) is 20.1. The molecule has 0 aliphatic carbocycles. The second-order valence-corrected chi connectivity index (χ2v) is 10.3. The topological polar surface area (TPSA) is 66.5 Å². The summed E-state index contributed by atoms with van der Waals surface area (Å²) < 4.78 is 41.2. The number of para-hydroxylation sites is 2. The number of amides is 1. The Morgan fingerprint density at radius 3 is 1.91 bits per heavy atom. The molecule has 0 aromatic heterocycles. The lowest BCUT2D eigenvalue weighted by atomic mass is 9.92. The summed E-state index contributed by atoms with van der Waals surface area (Å²) in [6.45, 7) is 7.76. The van der Waals surface area contributed by atoms with Crippen LogP contribution in [0.5, 0.6) is 0 Å². The van der Waals surface area contributed by atoms with E-state index in [9.17, 15) is 17.6 Å². The van der Waals surface area contributed by atoms with E-state index in [-0.39, 0.29) is 16.7 Å². The lowest BCUT2D eigenvalue weighted by molar-refractivity contribution is -0.114. The Balaban J connectivity index is 1.99. The summed E-state index contributed by atoms with van der Waals surface area (Å²) >= 11 is 0. The van der Waals surface area contributed by atoms with E-state index in [1.165, 1.54) is 12.1 Å². The predicted octanol–water partition coefficient (Wildman–Crippen LogP) is 5.91. The summed E-state index contributed by atoms with van der Waals surface area (Å²) in [5, 5.41) is 2.97. The Kier molecular flexibility index (Phi) is 7.53. The molecule has 0 heterocycles. The van der Waals surface area contributed by atoms with Gasteiger partial charge in [-0.15, -0.1) is 0 Å². The first-order valence-corrected chi connectivity index (χ1v) is 12.3. The van der Waals surface area contributed by atoms with Gasteiger partial charge in [0.1, 0.15) is 12.4 Å². The highest BCUT2D eigenvalue weighted by Gasteiger charge is 2.28. The van der Waals surface area contributed by atoms with Crippen LogP contribution in [0.15, 0.2) is 77.7 Å². The van der Waals surface area contributed by atoms with Crippen molar-refractivity contribution in [2.45, 2.75) is 44.4 Å². The van der Waals surface area contributed by atoms with E-state index in [1.54, 1.807) is 30.3 Å². The van der Waals surface area contributed by atoms with Crippen LogP contribution in [0, 0.1) is 5.82 Å². The van der Waals surface area contributed by atoms with Gasteiger partial charge in [-0.3, -0.25) is 9.10 Å². The number of sulfonamides is 1. The van der Waals surface area contributed by atoms with Crippen molar-refractivity contribution in [1.29, 1.82) is 0 Å². The molecule has 5 nitrogen and oxygen atoms in total. The first kappa shape index (κ1) is 24.5. The molecular weight excluding hydrogens is 439 g/mol. The first-order chi connectivity index (χ1) is 15.6. The molecule has 1 amide bonds. The van der Waals surface area contributed by atoms with Gasteiger partial charge in [0.2, 0.25) is 5.91 Å². The third kappa shape index (κ3) is 5.60. The van der Waals surface area contributed by atoms with Crippen LogP contribution in [0.4, 0.5) is 15.8 Å². The molecule has 0 fully saturated rings. The minimum atomic E-state index is -4.11. The first-order valence-electron chi connectivity index (χ1n) is 10.9. The molecule has 0 atom stereocenters. The van der Waals surface area contributed by atoms with Crippen LogP contribution in [-0.2, 0) is 14.8 Å². The van der Waals surface area contributed by atoms with E-state index < -0.39 is 28.3 Å². The standard InChI is InChI=1S/C26H29FN2O3S/c1-18(2)23-11-8-12-24(19(3)4)26(23)28-25(30)17-29(21-9-6-5-7-10-21)33(31,32)22-15-13-20(27)14-16-22/h5-16,18-19H,17H2,1-4H3,(H,28,30). The molecule has 1 N–H and O–H groups in total. The van der Waals surface area contributed by atoms with Crippen LogP contribution in [-0.4, -0.2) is 20.9 Å². The van der Waals surface area contributed by atoms with Crippen molar-refractivity contribution in [2.75, 3.05) is 16.2 Å². The van der Waals surface area contributed by atoms with Gasteiger partial charge in [-0.1, -0.05) is 64.1 Å². The fourth-order valence-electron chi connectivity index (χ4n) is 3.65. The summed E-state index contributed by atoms with van der Waals surface area (Å²) in [5.74, 6) is -0.650. The number of carbonyl (C=O) groups excluding carboxylic acids is 1. The largest absolute Gasteiger partial charge is 0.324 e. The minimum absolute atomic E-state index is 0.0917. The summed E-state index contributed by atoms with van der Waals surface area (Å²) in [6.07, 6.45) is 0. The highest BCUT2D eigenvalue weighted by Crippen LogP contribution is 2.32. The molecule has 0 unspecified atom stereocenters. The van der Waals surface area contributed by atoms with E-state index in [2.05, 4.69) is 5.32 Å². The SMILES string of the molecule is CC(C)c1cccc(C(C)C)c1NC(=O)CN(c1ccccc1)S(=O)(=O)c1ccc(F)cc1. The fraction of sp³-hybridized carbons (Fsp3) is 0.269. The number of rotatable bonds is 8. The molecule has 7 heteroatoms. The van der Waals surface area contributed by atoms with E-state index in [1.807, 2.05) is 45.9 Å². The Morgan fingerprint density at radius 2 is 1.39 bits per heavy atom. The van der Waals surface area contributed by atoms with Crippen LogP contribution >= 0.6 is 0 Å². The van der Waals surface area contributed by atoms with E-state index in [0.717, 1.165) is 33.3 Å². The van der Waals surface area contributed by atoms with Gasteiger partial charge in [0.15, 0.2) is 0 Å². The molecule has 3 aromatic rings. The molecule has 0 saturated carbocycles. The van der Waals surface area contributed by atoms with Gasteiger partial charge in [-0.25, -0.2) is 12.8 Å². The van der Waals surface area contributed by atoms with Gasteiger partial charge in [-0.2, -0.15) is 0 Å². The monoisotopic (exact) mass is 468 g/mol. The number of hydrogen-bond acceptors (Lipinski definition) is 3. The molecule has 33 heavy (non-hydrogen) atoms. The quantitative estimate of drug-likeness (QED) is 0.447. The second-order valence-electron chi connectivity index (χ2n) is 8.47. The summed E-state index contributed by atoms with van der Waals surface area (Å²) in [4.78, 5) is 13.1. The maximum Gasteiger partial charge on any atom is 0.264 e. The average molecular weight is 469 g/mol. The Morgan fingerprint density at radius 1 is 0.848 bits per heavy atom. The lowest BCUT2D eigenvalue weighted by Crippen LogP contribution is -2.38. The number of halogens is 1. The fourth-order valence-corrected chi connectivity index (χ4v) is 5.07. The summed E-state index contributed by atoms with van der Waals surface area (Å²) in [6, 6.07) is 18.9. The van der Waals surface area contributed by atoms with Crippen molar-refractivity contribution in [3.8, 4) is 0 Å². The van der Waals surface area contributed by atoms with Crippen molar-refractivity contribution in [1.82, 2.24) is 0 Å². The molecule has 0 aliphatic rings. The van der Waals surface area contributed by atoms with Crippen LogP contribution in [0.25, 0.3) is 0 Å². The van der Waals surface area contributed by atoms with Gasteiger partial charge >= 0.3 is 0 Å². The predicted molar refractivity (Wildman–Crippen MR) is 131 cm³/mol. The minimum Gasteiger partial charge on any atom is -0.324 e. The molecule has 0 radical (unpaired) electrons. The Bertz CT molecular complexity index is 1180. The lowest BCUT2D eigenvalue weighted by Gasteiger charge is -2.25. The number of hydrogen-bond donors (Lipinski definition) is 1. The Labute approximate surface area is 195 Å². The van der Waals surface area contributed by atoms with Crippen LogP contribution < -0.4 is 9.62 Å². The van der Waals surface area contributed by atoms with E-state index in [4.69, 9.17) is 0 Å². The van der Waals surface area contributed by atoms with Gasteiger partial charge in [0.05, 0.1) is 10.6 Å². The van der Waals surface area contributed by atoms with Crippen LogP contribution in [0.2, 0.25) is 0 Å². The van der Waals surface area contributed by atoms with Crippen molar-refractivity contribution >= 4 is 27.3 Å². The van der Waals surface area contributed by atoms with Crippen molar-refractivity contribution in [3.63, 3.8) is 0 Å². The summed E-state index contributed by atoms with van der Waals surface area (Å²) in [5.41, 5.74) is 3.04. The molecule has 3 aromatic carbocycles. The molecule has 0 saturated heterocycles. The third-order valence-corrected chi connectivity index (χ3v) is 7.16. The molecule has 174 valence electrons. The van der Waals surface area contributed by atoms with Crippen molar-refractivity contribution < 1.29 is 17.6 Å². The molecular formula is C26H29FN2O3S. The van der Waals surface area contributed by atoms with Gasteiger partial charge < -0.3 is 5.32 Å². The molecule has 0 bridgehead atoms. The molecule has 3 rings (SSSR count). The zero-order valence-electron chi connectivity index (χ0n) is 19.2. The second kappa shape index (κ2) is 10.2. The van der Waals surface area contributed by atoms with Gasteiger partial charge in [0.25, 0.3) is 10.0 Å². The average Bonchev–Trinajstić information content (AvgIpc) is 2.78. The zero-order chi connectivity index (χ0) is 24.2. The van der Waals surface area contributed by atoms with Crippen LogP contribution in [0.3, 0.4) is 0 Å². The maximum atomic E-state index is 13.4. The van der Waals surface area contributed by atoms with Crippen molar-refractivity contribution in [3.05, 3.63) is 89.7 Å². The highest BCUT2D eigenvalue weighted by molar-refractivity contribution is 7.92. The third-order valence-electron chi connectivity index (χ3n) is 5.37. The highest BCUT2D eigenvalue weighted by atomic mass is 32.2. The summed E-state index contributed by atoms with van der Waals surface area (Å²) in [7, 11) is -4.11. The number of carbonyl (C=O) groups is 1. The molecule has 0 spiro atoms. The normalized spacial score (nSPS) is 11.6. The number of nitrogens with one attached hydrogen (secondary N) is 1. The smallest absolute Gasteiger partial charge is 0.264 e. The Hall–Kier alpha value is -3.19. The number of benzene rings is 3. The number of nitrogens with zero attached hydrogens (tertiary/aromatic N) is 1. The van der Waals surface area contributed by atoms with Gasteiger partial charge in [-0.05, 0) is 59.4 Å². The maximum absolute atomic E-state index is 13.4. The molecule has 0 aliphatic heterocycles.